The Hall–Kier alpha value is -6.26. The zero-order chi connectivity index (χ0) is 46.1. The summed E-state index contributed by atoms with van der Waals surface area (Å²) in [5.74, 6) is 1.08. The Labute approximate surface area is 342 Å². The number of pyridine rings is 1. The molecule has 0 spiro atoms. The van der Waals surface area contributed by atoms with E-state index >= 15 is 0 Å². The van der Waals surface area contributed by atoms with Crippen molar-refractivity contribution in [2.24, 2.45) is 5.92 Å². The Morgan fingerprint density at radius 1 is 0.714 bits per heavy atom. The Balaban J connectivity index is 1.41. The molecule has 8 aromatic rings. The van der Waals surface area contributed by atoms with Crippen molar-refractivity contribution in [1.82, 2.24) is 14.5 Å². The first-order chi connectivity index (χ1) is 30.3. The van der Waals surface area contributed by atoms with Crippen LogP contribution in [0.5, 0.6) is 5.75 Å². The maximum Gasteiger partial charge on any atom is 0.149 e. The molecule has 0 saturated carbocycles. The monoisotopic (exact) mass is 739 g/mol. The molecule has 56 heavy (non-hydrogen) atoms. The lowest BCUT2D eigenvalue weighted by molar-refractivity contribution is 0.472. The lowest BCUT2D eigenvalue weighted by Crippen LogP contribution is -2.11. The summed E-state index contributed by atoms with van der Waals surface area (Å²) >= 11 is 0. The molecule has 2 aromatic heterocycles. The molecular weight excluding hydrogens is 683 g/mol. The third kappa shape index (κ3) is 7.15. The third-order valence-corrected chi connectivity index (χ3v) is 10.2. The molecule has 0 aliphatic heterocycles. The minimum atomic E-state index is -0.596. The highest BCUT2D eigenvalue weighted by molar-refractivity contribution is 5.97. The summed E-state index contributed by atoms with van der Waals surface area (Å²) in [5, 5.41) is 11.7. The Kier molecular flexibility index (Phi) is 7.43. The summed E-state index contributed by atoms with van der Waals surface area (Å²) in [6, 6.07) is 28.8. The molecule has 0 aliphatic rings. The van der Waals surface area contributed by atoms with Crippen LogP contribution >= 0.6 is 0 Å². The SMILES string of the molecule is [2H]c1nc(-c2cc(-c3cccc4c3nc(-c3cc(C)cc(C)c3O)n4-c3ccc(-c4ccccc4)c(CC(C)C)c3)cc(C(C)(C)C)c2)c([2H])c(-c2c([2H])c([2H])c([2H])c([2H])c2[2H])c1[2H]. The Morgan fingerprint density at radius 3 is 2.23 bits per heavy atom. The molecule has 0 fully saturated rings. The molecule has 0 radical (unpaired) electrons. The van der Waals surface area contributed by atoms with E-state index in [2.05, 4.69) is 80.6 Å². The molecule has 278 valence electrons. The summed E-state index contributed by atoms with van der Waals surface area (Å²) in [7, 11) is 0. The first kappa shape index (κ1) is 28.2. The van der Waals surface area contributed by atoms with Gasteiger partial charge in [0, 0.05) is 23.0 Å². The highest BCUT2D eigenvalue weighted by atomic mass is 16.3. The van der Waals surface area contributed by atoms with Crippen LogP contribution in [-0.4, -0.2) is 19.6 Å². The fourth-order valence-electron chi connectivity index (χ4n) is 7.44. The van der Waals surface area contributed by atoms with Crippen molar-refractivity contribution in [3.05, 3.63) is 168 Å². The van der Waals surface area contributed by atoms with E-state index in [1.165, 1.54) is 5.56 Å². The molecule has 0 saturated heterocycles. The van der Waals surface area contributed by atoms with Gasteiger partial charge in [0.05, 0.1) is 33.3 Å². The number of phenolic OH excluding ortho intramolecular Hbond substituents is 1. The second-order valence-corrected chi connectivity index (χ2v) is 16.0. The number of phenols is 1. The fourth-order valence-corrected chi connectivity index (χ4v) is 7.44. The largest absolute Gasteiger partial charge is 0.507 e. The van der Waals surface area contributed by atoms with E-state index in [0.29, 0.717) is 28.4 Å². The minimum Gasteiger partial charge on any atom is -0.507 e. The van der Waals surface area contributed by atoms with Crippen molar-refractivity contribution in [3.63, 3.8) is 0 Å². The van der Waals surface area contributed by atoms with Gasteiger partial charge in [-0.25, -0.2) is 4.98 Å². The fraction of sp³-hybridized carbons (Fsp3) is 0.192. The second-order valence-electron chi connectivity index (χ2n) is 16.0. The van der Waals surface area contributed by atoms with Crippen LogP contribution in [0, 0.1) is 19.8 Å². The number of aryl methyl sites for hydroxylation is 2. The Morgan fingerprint density at radius 2 is 1.48 bits per heavy atom. The quantitative estimate of drug-likeness (QED) is 0.169. The van der Waals surface area contributed by atoms with Gasteiger partial charge in [-0.15, -0.1) is 0 Å². The van der Waals surface area contributed by atoms with E-state index in [1.54, 1.807) is 0 Å². The van der Waals surface area contributed by atoms with E-state index < -0.39 is 47.8 Å². The first-order valence-corrected chi connectivity index (χ1v) is 19.0. The normalized spacial score (nSPS) is 13.8. The molecule has 6 aromatic carbocycles. The van der Waals surface area contributed by atoms with Crippen LogP contribution in [0.3, 0.4) is 0 Å². The van der Waals surface area contributed by atoms with Crippen LogP contribution in [0.4, 0.5) is 0 Å². The first-order valence-electron chi connectivity index (χ1n) is 23.0. The highest BCUT2D eigenvalue weighted by Crippen LogP contribution is 2.42. The number of rotatable bonds is 8. The number of nitrogens with zero attached hydrogens (tertiary/aromatic N) is 3. The van der Waals surface area contributed by atoms with E-state index in [-0.39, 0.29) is 28.6 Å². The predicted molar refractivity (Wildman–Crippen MR) is 234 cm³/mol. The smallest absolute Gasteiger partial charge is 0.149 e. The number of aromatic hydroxyl groups is 1. The molecule has 0 aliphatic carbocycles. The standard InChI is InChI=1S/C52H49N3O/c1-33(2)25-39-31-43(21-22-44(39)37-17-12-9-13-18-37)55-48-20-14-19-45(49(48)54-51(55)46-27-34(3)26-35(4)50(46)56)40-28-41(30-42(29-40)52(5,6)7)47-32-38(23-24-53-47)36-15-10-8-11-16-36/h8-24,26-33,56H,25H2,1-7H3/i8D,10D,11D,15D,16D,23D,24D,32D. The number of hydrogen-bond donors (Lipinski definition) is 1. The van der Waals surface area contributed by atoms with Gasteiger partial charge in [-0.2, -0.15) is 0 Å². The van der Waals surface area contributed by atoms with Gasteiger partial charge in [0.15, 0.2) is 0 Å². The van der Waals surface area contributed by atoms with Gasteiger partial charge in [0.25, 0.3) is 0 Å². The summed E-state index contributed by atoms with van der Waals surface area (Å²) < 4.78 is 71.2. The van der Waals surface area contributed by atoms with Crippen LogP contribution in [-0.2, 0) is 11.8 Å². The van der Waals surface area contributed by atoms with Crippen molar-refractivity contribution >= 4 is 11.0 Å². The van der Waals surface area contributed by atoms with E-state index in [4.69, 9.17) is 14.6 Å². The van der Waals surface area contributed by atoms with Crippen LogP contribution in [0.1, 0.15) is 67.8 Å². The number of para-hydroxylation sites is 1. The zero-order valence-corrected chi connectivity index (χ0v) is 32.8. The van der Waals surface area contributed by atoms with Crippen molar-refractivity contribution in [1.29, 1.82) is 0 Å². The zero-order valence-electron chi connectivity index (χ0n) is 40.8. The third-order valence-electron chi connectivity index (χ3n) is 10.2. The molecule has 4 heteroatoms. The van der Waals surface area contributed by atoms with Crippen LogP contribution in [0.15, 0.2) is 146 Å². The van der Waals surface area contributed by atoms with Gasteiger partial charge in [0.2, 0.25) is 0 Å². The van der Waals surface area contributed by atoms with Crippen LogP contribution < -0.4 is 0 Å². The summed E-state index contributed by atoms with van der Waals surface area (Å²) in [6.07, 6.45) is 0.345. The number of aromatic nitrogens is 3. The average molecular weight is 740 g/mol. The van der Waals surface area contributed by atoms with Gasteiger partial charge >= 0.3 is 0 Å². The second kappa shape index (κ2) is 14.8. The van der Waals surface area contributed by atoms with Gasteiger partial charge in [-0.3, -0.25) is 9.55 Å². The molecular formula is C52H49N3O. The lowest BCUT2D eigenvalue weighted by atomic mass is 9.83. The topological polar surface area (TPSA) is 50.9 Å². The molecule has 0 atom stereocenters. The highest BCUT2D eigenvalue weighted by Gasteiger charge is 2.24. The van der Waals surface area contributed by atoms with Crippen molar-refractivity contribution < 1.29 is 16.1 Å². The van der Waals surface area contributed by atoms with Crippen molar-refractivity contribution in [2.75, 3.05) is 0 Å². The maximum absolute atomic E-state index is 11.7. The number of hydrogen-bond acceptors (Lipinski definition) is 3. The van der Waals surface area contributed by atoms with Crippen molar-refractivity contribution in [2.45, 2.75) is 60.3 Å². The van der Waals surface area contributed by atoms with E-state index in [1.807, 2.05) is 74.5 Å². The van der Waals surface area contributed by atoms with Crippen molar-refractivity contribution in [3.8, 4) is 67.5 Å². The van der Waals surface area contributed by atoms with Crippen LogP contribution in [0.25, 0.3) is 72.7 Å². The van der Waals surface area contributed by atoms with Crippen LogP contribution in [0.2, 0.25) is 0 Å². The van der Waals surface area contributed by atoms with E-state index in [0.717, 1.165) is 56.6 Å². The molecule has 0 amide bonds. The lowest BCUT2D eigenvalue weighted by Gasteiger charge is -2.22. The summed E-state index contributed by atoms with van der Waals surface area (Å²) in [5.41, 5.74) is 9.95. The molecule has 0 unspecified atom stereocenters. The Bertz CT molecular complexity index is 3140. The molecule has 8 rings (SSSR count). The average Bonchev–Trinajstić information content (AvgIpc) is 3.65. The number of imidazole rings is 1. The number of benzene rings is 6. The summed E-state index contributed by atoms with van der Waals surface area (Å²) in [4.78, 5) is 9.83. The van der Waals surface area contributed by atoms with Gasteiger partial charge < -0.3 is 5.11 Å². The number of fused-ring (bicyclic) bond motifs is 1. The maximum atomic E-state index is 11.7. The molecule has 2 heterocycles. The molecule has 0 bridgehead atoms. The van der Waals surface area contributed by atoms with Gasteiger partial charge in [-0.1, -0.05) is 125 Å². The predicted octanol–water partition coefficient (Wildman–Crippen LogP) is 13.6. The van der Waals surface area contributed by atoms with Gasteiger partial charge in [-0.05, 0) is 130 Å². The summed E-state index contributed by atoms with van der Waals surface area (Å²) in [6.45, 7) is 14.5. The molecule has 4 nitrogen and oxygen atoms in total. The van der Waals surface area contributed by atoms with Gasteiger partial charge in [0.1, 0.15) is 11.6 Å². The van der Waals surface area contributed by atoms with E-state index in [9.17, 15) is 6.48 Å². The molecule has 1 N–H and O–H groups in total. The minimum absolute atomic E-state index is 0.0323.